The molecule has 0 aliphatic heterocycles. The van der Waals surface area contributed by atoms with E-state index in [9.17, 15) is 4.79 Å². The number of anilines is 1. The third-order valence-corrected chi connectivity index (χ3v) is 2.26. The van der Waals surface area contributed by atoms with Crippen molar-refractivity contribution < 1.29 is 9.53 Å². The van der Waals surface area contributed by atoms with Crippen LogP contribution in [0.15, 0.2) is 24.3 Å². The predicted octanol–water partition coefficient (Wildman–Crippen LogP) is 2.41. The Morgan fingerprint density at radius 3 is 2.71 bits per heavy atom. The molecule has 0 spiro atoms. The lowest BCUT2D eigenvalue weighted by molar-refractivity contribution is 0.202. The highest BCUT2D eigenvalue weighted by Gasteiger charge is 2.06. The Kier molecular flexibility index (Phi) is 5.49. The molecule has 0 atom stereocenters. The van der Waals surface area contributed by atoms with Gasteiger partial charge in [-0.3, -0.25) is 0 Å². The molecule has 1 rings (SSSR count). The lowest BCUT2D eigenvalue weighted by Gasteiger charge is -2.13. The summed E-state index contributed by atoms with van der Waals surface area (Å²) in [7, 11) is 1.67. The Labute approximate surface area is 102 Å². The average Bonchev–Trinajstić information content (AvgIpc) is 2.26. The van der Waals surface area contributed by atoms with Crippen LogP contribution >= 0.6 is 0 Å². The molecule has 0 heterocycles. The highest BCUT2D eigenvalue weighted by molar-refractivity contribution is 5.90. The summed E-state index contributed by atoms with van der Waals surface area (Å²) in [6.07, 6.45) is 0.786. The van der Waals surface area contributed by atoms with Gasteiger partial charge in [-0.15, -0.1) is 0 Å². The molecule has 2 N–H and O–H groups in total. The summed E-state index contributed by atoms with van der Waals surface area (Å²) in [6, 6.07) is 7.69. The van der Waals surface area contributed by atoms with Gasteiger partial charge >= 0.3 is 6.03 Å². The molecule has 0 aliphatic carbocycles. The Morgan fingerprint density at radius 1 is 1.35 bits per heavy atom. The summed E-state index contributed by atoms with van der Waals surface area (Å²) in [5.74, 6) is 0. The number of hydrogen-bond acceptors (Lipinski definition) is 2. The molecule has 0 radical (unpaired) electrons. The van der Waals surface area contributed by atoms with Crippen LogP contribution in [0.5, 0.6) is 0 Å². The number of ether oxygens (including phenoxy) is 1. The first kappa shape index (κ1) is 13.5. The van der Waals surface area contributed by atoms with Crippen molar-refractivity contribution in [3.05, 3.63) is 29.8 Å². The second-order valence-corrected chi connectivity index (χ2v) is 4.15. The number of nitrogens with one attached hydrogen (secondary N) is 2. The maximum absolute atomic E-state index is 11.6. The summed E-state index contributed by atoms with van der Waals surface area (Å²) >= 11 is 0. The molecule has 0 saturated carbocycles. The molecule has 0 bridgehead atoms. The average molecular weight is 236 g/mol. The number of rotatable bonds is 5. The number of carbonyl (C=O) groups is 1. The van der Waals surface area contributed by atoms with Crippen molar-refractivity contribution in [1.29, 1.82) is 0 Å². The SMILES string of the molecule is COCCc1ccccc1NC(=O)NC(C)C. The fourth-order valence-electron chi connectivity index (χ4n) is 1.49. The van der Waals surface area contributed by atoms with Crippen LogP contribution in [0.25, 0.3) is 0 Å². The fourth-order valence-corrected chi connectivity index (χ4v) is 1.49. The lowest BCUT2D eigenvalue weighted by atomic mass is 10.1. The Hall–Kier alpha value is -1.55. The van der Waals surface area contributed by atoms with Gasteiger partial charge in [-0.05, 0) is 31.9 Å². The highest BCUT2D eigenvalue weighted by Crippen LogP contribution is 2.15. The number of benzene rings is 1. The number of methoxy groups -OCH3 is 1. The van der Waals surface area contributed by atoms with Crippen LogP contribution in [-0.2, 0) is 11.2 Å². The van der Waals surface area contributed by atoms with Gasteiger partial charge in [-0.1, -0.05) is 18.2 Å². The van der Waals surface area contributed by atoms with E-state index in [0.29, 0.717) is 6.61 Å². The van der Waals surface area contributed by atoms with Crippen LogP contribution in [-0.4, -0.2) is 25.8 Å². The van der Waals surface area contributed by atoms with Crippen LogP contribution in [0, 0.1) is 0 Å². The molecule has 0 fully saturated rings. The van der Waals surface area contributed by atoms with Gasteiger partial charge in [0.05, 0.1) is 6.61 Å². The van der Waals surface area contributed by atoms with Gasteiger partial charge < -0.3 is 15.4 Å². The predicted molar refractivity (Wildman–Crippen MR) is 69.3 cm³/mol. The quantitative estimate of drug-likeness (QED) is 0.824. The topological polar surface area (TPSA) is 50.4 Å². The van der Waals surface area contributed by atoms with Gasteiger partial charge in [-0.2, -0.15) is 0 Å². The Morgan fingerprint density at radius 2 is 2.06 bits per heavy atom. The fraction of sp³-hybridized carbons (Fsp3) is 0.462. The molecule has 4 heteroatoms. The van der Waals surface area contributed by atoms with E-state index in [-0.39, 0.29) is 12.1 Å². The minimum atomic E-state index is -0.176. The second-order valence-electron chi connectivity index (χ2n) is 4.15. The van der Waals surface area contributed by atoms with Crippen LogP contribution in [0.4, 0.5) is 10.5 Å². The van der Waals surface area contributed by atoms with Gasteiger partial charge in [0.25, 0.3) is 0 Å². The van der Waals surface area contributed by atoms with Crippen LogP contribution < -0.4 is 10.6 Å². The van der Waals surface area contributed by atoms with Gasteiger partial charge in [-0.25, -0.2) is 4.79 Å². The molecular weight excluding hydrogens is 216 g/mol. The zero-order chi connectivity index (χ0) is 12.7. The molecule has 0 aliphatic rings. The standard InChI is InChI=1S/C13H20N2O2/c1-10(2)14-13(16)15-12-7-5-4-6-11(12)8-9-17-3/h4-7,10H,8-9H2,1-3H3,(H2,14,15,16). The van der Waals surface area contributed by atoms with Crippen molar-refractivity contribution in [3.8, 4) is 0 Å². The number of hydrogen-bond donors (Lipinski definition) is 2. The molecule has 2 amide bonds. The molecule has 1 aromatic carbocycles. The monoisotopic (exact) mass is 236 g/mol. The Bertz CT molecular complexity index is 364. The van der Waals surface area contributed by atoms with Crippen LogP contribution in [0.3, 0.4) is 0 Å². The molecule has 0 unspecified atom stereocenters. The molecule has 0 aromatic heterocycles. The van der Waals surface area contributed by atoms with Crippen molar-refractivity contribution >= 4 is 11.7 Å². The van der Waals surface area contributed by atoms with Crippen molar-refractivity contribution in [3.63, 3.8) is 0 Å². The summed E-state index contributed by atoms with van der Waals surface area (Å²) < 4.78 is 5.04. The van der Waals surface area contributed by atoms with Crippen LogP contribution in [0.2, 0.25) is 0 Å². The van der Waals surface area contributed by atoms with E-state index >= 15 is 0 Å². The van der Waals surface area contributed by atoms with Crippen LogP contribution in [0.1, 0.15) is 19.4 Å². The summed E-state index contributed by atoms with van der Waals surface area (Å²) in [6.45, 7) is 4.50. The van der Waals surface area contributed by atoms with E-state index in [1.165, 1.54) is 0 Å². The molecular formula is C13H20N2O2. The number of carbonyl (C=O) groups excluding carboxylic acids is 1. The van der Waals surface area contributed by atoms with Gasteiger partial charge in [0.15, 0.2) is 0 Å². The first-order valence-electron chi connectivity index (χ1n) is 5.78. The van der Waals surface area contributed by atoms with Gasteiger partial charge in [0.2, 0.25) is 0 Å². The van der Waals surface area contributed by atoms with Crippen molar-refractivity contribution in [1.82, 2.24) is 5.32 Å². The highest BCUT2D eigenvalue weighted by atomic mass is 16.5. The molecule has 0 saturated heterocycles. The molecule has 4 nitrogen and oxygen atoms in total. The van der Waals surface area contributed by atoms with E-state index in [1.54, 1.807) is 7.11 Å². The maximum Gasteiger partial charge on any atom is 0.319 e. The Balaban J connectivity index is 2.65. The summed E-state index contributed by atoms with van der Waals surface area (Å²) in [5, 5.41) is 5.64. The molecule has 94 valence electrons. The molecule has 17 heavy (non-hydrogen) atoms. The first-order chi connectivity index (χ1) is 8.13. The van der Waals surface area contributed by atoms with E-state index in [0.717, 1.165) is 17.7 Å². The zero-order valence-electron chi connectivity index (χ0n) is 10.6. The van der Waals surface area contributed by atoms with E-state index in [1.807, 2.05) is 38.1 Å². The molecule has 1 aromatic rings. The maximum atomic E-state index is 11.6. The third kappa shape index (κ3) is 4.87. The normalized spacial score (nSPS) is 10.4. The minimum absolute atomic E-state index is 0.126. The summed E-state index contributed by atoms with van der Waals surface area (Å²) in [4.78, 5) is 11.6. The zero-order valence-corrected chi connectivity index (χ0v) is 10.6. The number of amides is 2. The number of urea groups is 1. The van der Waals surface area contributed by atoms with Crippen molar-refractivity contribution in [2.24, 2.45) is 0 Å². The number of para-hydroxylation sites is 1. The van der Waals surface area contributed by atoms with Gasteiger partial charge in [0.1, 0.15) is 0 Å². The van der Waals surface area contributed by atoms with E-state index < -0.39 is 0 Å². The van der Waals surface area contributed by atoms with E-state index in [2.05, 4.69) is 10.6 Å². The van der Waals surface area contributed by atoms with Crippen molar-refractivity contribution in [2.45, 2.75) is 26.3 Å². The van der Waals surface area contributed by atoms with Gasteiger partial charge in [0, 0.05) is 18.8 Å². The third-order valence-electron chi connectivity index (χ3n) is 2.26. The largest absolute Gasteiger partial charge is 0.384 e. The minimum Gasteiger partial charge on any atom is -0.384 e. The summed E-state index contributed by atoms with van der Waals surface area (Å²) in [5.41, 5.74) is 1.91. The smallest absolute Gasteiger partial charge is 0.319 e. The second kappa shape index (κ2) is 6.91. The first-order valence-corrected chi connectivity index (χ1v) is 5.78. The van der Waals surface area contributed by atoms with E-state index in [4.69, 9.17) is 4.74 Å². The lowest BCUT2D eigenvalue weighted by Crippen LogP contribution is -2.34. The van der Waals surface area contributed by atoms with Crippen molar-refractivity contribution in [2.75, 3.05) is 19.0 Å².